The number of benzene rings is 1. The van der Waals surface area contributed by atoms with Crippen LogP contribution in [0.5, 0.6) is 5.75 Å². The van der Waals surface area contributed by atoms with E-state index < -0.39 is 6.10 Å². The first-order valence-electron chi connectivity index (χ1n) is 7.65. The van der Waals surface area contributed by atoms with E-state index in [9.17, 15) is 5.11 Å². The van der Waals surface area contributed by atoms with Gasteiger partial charge in [0, 0.05) is 6.61 Å². The van der Waals surface area contributed by atoms with Gasteiger partial charge < -0.3 is 14.6 Å². The molecule has 20 heavy (non-hydrogen) atoms. The van der Waals surface area contributed by atoms with Crippen molar-refractivity contribution in [3.63, 3.8) is 0 Å². The third kappa shape index (κ3) is 6.40. The van der Waals surface area contributed by atoms with Crippen molar-refractivity contribution in [1.29, 1.82) is 0 Å². The second-order valence-corrected chi connectivity index (χ2v) is 5.36. The topological polar surface area (TPSA) is 38.7 Å². The van der Waals surface area contributed by atoms with E-state index in [0.717, 1.165) is 24.3 Å². The highest BCUT2D eigenvalue weighted by Crippen LogP contribution is 2.18. The van der Waals surface area contributed by atoms with E-state index in [1.807, 2.05) is 24.3 Å². The van der Waals surface area contributed by atoms with Crippen molar-refractivity contribution < 1.29 is 14.6 Å². The van der Waals surface area contributed by atoms with Crippen LogP contribution in [0.3, 0.4) is 0 Å². The van der Waals surface area contributed by atoms with Gasteiger partial charge in [-0.3, -0.25) is 0 Å². The fourth-order valence-corrected chi connectivity index (χ4v) is 2.06. The smallest absolute Gasteiger partial charge is 0.119 e. The molecule has 0 amide bonds. The molecule has 1 rings (SSSR count). The van der Waals surface area contributed by atoms with Gasteiger partial charge in [-0.05, 0) is 36.5 Å². The van der Waals surface area contributed by atoms with E-state index in [4.69, 9.17) is 9.47 Å². The van der Waals surface area contributed by atoms with Crippen LogP contribution in [0.4, 0.5) is 0 Å². The molecular formula is C17H28O3. The fraction of sp³-hybridized carbons (Fsp3) is 0.647. The van der Waals surface area contributed by atoms with Crippen LogP contribution in [-0.4, -0.2) is 24.9 Å². The average Bonchev–Trinajstić information content (AvgIpc) is 2.46. The number of rotatable bonds is 10. The maximum atomic E-state index is 10.1. The van der Waals surface area contributed by atoms with Gasteiger partial charge in [0.25, 0.3) is 0 Å². The Morgan fingerprint density at radius 3 is 2.35 bits per heavy atom. The molecule has 0 fully saturated rings. The van der Waals surface area contributed by atoms with E-state index in [2.05, 4.69) is 20.8 Å². The predicted molar refractivity (Wildman–Crippen MR) is 82.1 cm³/mol. The largest absolute Gasteiger partial charge is 0.494 e. The highest BCUT2D eigenvalue weighted by Gasteiger charge is 2.09. The quantitative estimate of drug-likeness (QED) is 0.705. The first-order chi connectivity index (χ1) is 9.67. The maximum absolute atomic E-state index is 10.1. The fourth-order valence-electron chi connectivity index (χ4n) is 2.06. The lowest BCUT2D eigenvalue weighted by Crippen LogP contribution is -2.12. The Kier molecular flexibility index (Phi) is 8.31. The summed E-state index contributed by atoms with van der Waals surface area (Å²) in [5.41, 5.74) is 0.872. The Labute approximate surface area is 122 Å². The van der Waals surface area contributed by atoms with Crippen molar-refractivity contribution in [2.45, 2.75) is 46.1 Å². The van der Waals surface area contributed by atoms with Crippen LogP contribution < -0.4 is 4.74 Å². The van der Waals surface area contributed by atoms with Crippen LogP contribution in [0.2, 0.25) is 0 Å². The highest BCUT2D eigenvalue weighted by atomic mass is 16.5. The lowest BCUT2D eigenvalue weighted by molar-refractivity contribution is 0.0215. The van der Waals surface area contributed by atoms with Crippen molar-refractivity contribution in [3.8, 4) is 5.75 Å². The van der Waals surface area contributed by atoms with Crippen LogP contribution in [0.15, 0.2) is 24.3 Å². The molecule has 1 N–H and O–H groups in total. The Bertz CT molecular complexity index is 348. The van der Waals surface area contributed by atoms with Crippen LogP contribution in [0.25, 0.3) is 0 Å². The van der Waals surface area contributed by atoms with E-state index in [0.29, 0.717) is 19.1 Å². The second kappa shape index (κ2) is 9.78. The minimum absolute atomic E-state index is 0.350. The molecule has 2 unspecified atom stereocenters. The number of hydrogen-bond donors (Lipinski definition) is 1. The van der Waals surface area contributed by atoms with Crippen molar-refractivity contribution in [2.24, 2.45) is 5.92 Å². The number of hydrogen-bond acceptors (Lipinski definition) is 3. The van der Waals surface area contributed by atoms with Crippen molar-refractivity contribution >= 4 is 0 Å². The molecule has 0 radical (unpaired) electrons. The van der Waals surface area contributed by atoms with E-state index in [-0.39, 0.29) is 0 Å². The minimum atomic E-state index is -0.566. The molecule has 0 saturated heterocycles. The predicted octanol–water partition coefficient (Wildman–Crippen LogP) is 3.96. The molecule has 2 atom stereocenters. The molecule has 0 bridgehead atoms. The van der Waals surface area contributed by atoms with Gasteiger partial charge in [0.15, 0.2) is 0 Å². The Morgan fingerprint density at radius 1 is 1.05 bits per heavy atom. The van der Waals surface area contributed by atoms with Gasteiger partial charge in [-0.25, -0.2) is 0 Å². The summed E-state index contributed by atoms with van der Waals surface area (Å²) in [7, 11) is 0. The molecule has 0 heterocycles. The molecule has 0 saturated carbocycles. The van der Waals surface area contributed by atoms with Gasteiger partial charge >= 0.3 is 0 Å². The summed E-state index contributed by atoms with van der Waals surface area (Å²) in [5, 5.41) is 10.1. The molecule has 0 aliphatic carbocycles. The van der Waals surface area contributed by atoms with Gasteiger partial charge in [-0.15, -0.1) is 0 Å². The van der Waals surface area contributed by atoms with Crippen LogP contribution in [0.1, 0.15) is 51.7 Å². The molecule has 0 spiro atoms. The summed E-state index contributed by atoms with van der Waals surface area (Å²) < 4.78 is 11.1. The monoisotopic (exact) mass is 280 g/mol. The maximum Gasteiger partial charge on any atom is 0.119 e. The standard InChI is InChI=1S/C17H28O3/c1-4-6-14(3)12-19-13-17(18)15-7-9-16(10-8-15)20-11-5-2/h7-10,14,17-18H,4-6,11-13H2,1-3H3. The zero-order chi connectivity index (χ0) is 14.8. The van der Waals surface area contributed by atoms with E-state index in [1.54, 1.807) is 0 Å². The van der Waals surface area contributed by atoms with Gasteiger partial charge in [0.05, 0.1) is 13.2 Å². The summed E-state index contributed by atoms with van der Waals surface area (Å²) in [4.78, 5) is 0. The highest BCUT2D eigenvalue weighted by molar-refractivity contribution is 5.28. The van der Waals surface area contributed by atoms with Crippen molar-refractivity contribution in [2.75, 3.05) is 19.8 Å². The minimum Gasteiger partial charge on any atom is -0.494 e. The zero-order valence-electron chi connectivity index (χ0n) is 13.0. The molecule has 0 aromatic heterocycles. The SMILES string of the molecule is CCCOc1ccc(C(O)COCC(C)CCC)cc1. The third-order valence-electron chi connectivity index (χ3n) is 3.20. The van der Waals surface area contributed by atoms with Crippen molar-refractivity contribution in [1.82, 2.24) is 0 Å². The van der Waals surface area contributed by atoms with Gasteiger partial charge in [0.2, 0.25) is 0 Å². The zero-order valence-corrected chi connectivity index (χ0v) is 13.0. The molecule has 114 valence electrons. The first-order valence-corrected chi connectivity index (χ1v) is 7.65. The van der Waals surface area contributed by atoms with E-state index in [1.165, 1.54) is 12.8 Å². The normalized spacial score (nSPS) is 14.0. The molecule has 1 aromatic carbocycles. The molecular weight excluding hydrogens is 252 g/mol. The van der Waals surface area contributed by atoms with Crippen molar-refractivity contribution in [3.05, 3.63) is 29.8 Å². The average molecular weight is 280 g/mol. The number of ether oxygens (including phenoxy) is 2. The van der Waals surface area contributed by atoms with Gasteiger partial charge in [-0.1, -0.05) is 39.3 Å². The lowest BCUT2D eigenvalue weighted by Gasteiger charge is -2.15. The second-order valence-electron chi connectivity index (χ2n) is 5.36. The first kappa shape index (κ1) is 17.0. The summed E-state index contributed by atoms with van der Waals surface area (Å²) in [5.74, 6) is 1.40. The molecule has 3 heteroatoms. The lowest BCUT2D eigenvalue weighted by atomic mass is 10.1. The molecule has 0 aliphatic rings. The molecule has 1 aromatic rings. The summed E-state index contributed by atoms with van der Waals surface area (Å²) in [6.45, 7) is 8.21. The summed E-state index contributed by atoms with van der Waals surface area (Å²) in [6, 6.07) is 7.59. The molecule has 0 aliphatic heterocycles. The van der Waals surface area contributed by atoms with Crippen LogP contribution in [0, 0.1) is 5.92 Å². The number of aliphatic hydroxyl groups is 1. The van der Waals surface area contributed by atoms with E-state index >= 15 is 0 Å². The molecule has 3 nitrogen and oxygen atoms in total. The Hall–Kier alpha value is -1.06. The van der Waals surface area contributed by atoms with Gasteiger partial charge in [-0.2, -0.15) is 0 Å². The van der Waals surface area contributed by atoms with Crippen LogP contribution in [-0.2, 0) is 4.74 Å². The summed E-state index contributed by atoms with van der Waals surface area (Å²) in [6.07, 6.45) is 2.77. The Balaban J connectivity index is 2.33. The number of aliphatic hydroxyl groups excluding tert-OH is 1. The van der Waals surface area contributed by atoms with Crippen LogP contribution >= 0.6 is 0 Å². The summed E-state index contributed by atoms with van der Waals surface area (Å²) >= 11 is 0. The third-order valence-corrected chi connectivity index (χ3v) is 3.20. The Morgan fingerprint density at radius 2 is 1.75 bits per heavy atom. The van der Waals surface area contributed by atoms with Gasteiger partial charge in [0.1, 0.15) is 11.9 Å².